The molecule has 1 unspecified atom stereocenters. The third-order valence-electron chi connectivity index (χ3n) is 9.36. The van der Waals surface area contributed by atoms with Crippen molar-refractivity contribution >= 4 is 70.6 Å². The van der Waals surface area contributed by atoms with E-state index in [0.29, 0.717) is 5.92 Å². The van der Waals surface area contributed by atoms with E-state index in [1.165, 1.54) is 81.7 Å². The summed E-state index contributed by atoms with van der Waals surface area (Å²) in [5.41, 5.74) is 6.50. The van der Waals surface area contributed by atoms with Crippen molar-refractivity contribution in [3.05, 3.63) is 140 Å². The van der Waals surface area contributed by atoms with E-state index in [2.05, 4.69) is 151 Å². The van der Waals surface area contributed by atoms with Crippen LogP contribution in [0.1, 0.15) is 13.3 Å². The molecule has 7 aromatic carbocycles. The van der Waals surface area contributed by atoms with Crippen molar-refractivity contribution in [3.8, 4) is 11.1 Å². The molecule has 1 heterocycles. The lowest BCUT2D eigenvalue weighted by Crippen LogP contribution is -2.08. The van der Waals surface area contributed by atoms with Gasteiger partial charge in [-0.15, -0.1) is 0 Å². The lowest BCUT2D eigenvalue weighted by atomic mass is 9.88. The molecule has 0 fully saturated rings. The van der Waals surface area contributed by atoms with Gasteiger partial charge in [-0.25, -0.2) is 0 Å². The standard InChI is InChI=1S/C41H29N/c1-26-12-2-10-20-37(26)42-38-21-11-9-19-34(38)40-39-32-17-7-5-15-30(32)35(29-23-22-27-13-3-4-14-28(27)24-29)25-36(39)31-16-6-8-18-33(31)41(40)42/h2-11,13-26H,12H2,1H3. The highest BCUT2D eigenvalue weighted by molar-refractivity contribution is 6.38. The van der Waals surface area contributed by atoms with Crippen LogP contribution in [0, 0.1) is 5.92 Å². The van der Waals surface area contributed by atoms with Crippen molar-refractivity contribution in [1.82, 2.24) is 4.57 Å². The van der Waals surface area contributed by atoms with Gasteiger partial charge in [-0.05, 0) is 74.1 Å². The maximum Gasteiger partial charge on any atom is 0.0623 e. The molecule has 0 spiro atoms. The Labute approximate surface area is 244 Å². The fourth-order valence-electron chi connectivity index (χ4n) is 7.42. The third kappa shape index (κ3) is 3.25. The molecule has 42 heavy (non-hydrogen) atoms. The molecule has 1 nitrogen and oxygen atoms in total. The summed E-state index contributed by atoms with van der Waals surface area (Å²) in [6.45, 7) is 2.35. The number of aromatic nitrogens is 1. The summed E-state index contributed by atoms with van der Waals surface area (Å²) in [6.07, 6.45) is 7.89. The Hall–Kier alpha value is -5.14. The van der Waals surface area contributed by atoms with Gasteiger partial charge in [0.2, 0.25) is 0 Å². The molecule has 0 aliphatic heterocycles. The quantitative estimate of drug-likeness (QED) is 0.194. The van der Waals surface area contributed by atoms with Gasteiger partial charge in [0.1, 0.15) is 0 Å². The Morgan fingerprint density at radius 3 is 2.10 bits per heavy atom. The molecular weight excluding hydrogens is 506 g/mol. The zero-order chi connectivity index (χ0) is 27.8. The molecule has 0 amide bonds. The second kappa shape index (κ2) is 8.93. The first-order valence-electron chi connectivity index (χ1n) is 14.9. The second-order valence-corrected chi connectivity index (χ2v) is 11.7. The Morgan fingerprint density at radius 1 is 0.571 bits per heavy atom. The maximum atomic E-state index is 2.56. The van der Waals surface area contributed by atoms with Crippen molar-refractivity contribution in [1.29, 1.82) is 0 Å². The highest BCUT2D eigenvalue weighted by Gasteiger charge is 2.24. The number of benzene rings is 7. The van der Waals surface area contributed by atoms with Crippen LogP contribution in [-0.4, -0.2) is 4.57 Å². The van der Waals surface area contributed by atoms with E-state index in [-0.39, 0.29) is 0 Å². The topological polar surface area (TPSA) is 4.93 Å². The molecule has 0 radical (unpaired) electrons. The summed E-state index contributed by atoms with van der Waals surface area (Å²) in [6, 6.07) is 45.0. The number of rotatable bonds is 2. The minimum atomic E-state index is 0.440. The normalized spacial score (nSPS) is 15.5. The zero-order valence-electron chi connectivity index (χ0n) is 23.5. The van der Waals surface area contributed by atoms with Crippen LogP contribution in [0.15, 0.2) is 140 Å². The molecule has 0 N–H and O–H groups in total. The summed E-state index contributed by atoms with van der Waals surface area (Å²) in [4.78, 5) is 0. The largest absolute Gasteiger partial charge is 0.312 e. The van der Waals surface area contributed by atoms with Gasteiger partial charge in [-0.3, -0.25) is 0 Å². The van der Waals surface area contributed by atoms with E-state index in [9.17, 15) is 0 Å². The monoisotopic (exact) mass is 535 g/mol. The van der Waals surface area contributed by atoms with Gasteiger partial charge in [-0.2, -0.15) is 0 Å². The van der Waals surface area contributed by atoms with Crippen molar-refractivity contribution in [3.63, 3.8) is 0 Å². The van der Waals surface area contributed by atoms with E-state index >= 15 is 0 Å². The van der Waals surface area contributed by atoms with Gasteiger partial charge in [-0.1, -0.05) is 122 Å². The van der Waals surface area contributed by atoms with Crippen LogP contribution >= 0.6 is 0 Å². The molecule has 1 aromatic heterocycles. The van der Waals surface area contributed by atoms with E-state index in [1.807, 2.05) is 0 Å². The molecular formula is C41H29N. The average molecular weight is 536 g/mol. The summed E-state index contributed by atoms with van der Waals surface area (Å²) >= 11 is 0. The van der Waals surface area contributed by atoms with Gasteiger partial charge in [0.25, 0.3) is 0 Å². The number of hydrogen-bond donors (Lipinski definition) is 0. The average Bonchev–Trinajstić information content (AvgIpc) is 3.39. The Bertz CT molecular complexity index is 2450. The SMILES string of the molecule is CC1CC=CC=C1n1c2ccccc2c2c3c4ccccc4c(-c4ccc5ccccc5c4)cc3c3ccccc3c21. The number of allylic oxidation sites excluding steroid dienone is 4. The molecule has 8 aromatic rings. The van der Waals surface area contributed by atoms with Gasteiger partial charge >= 0.3 is 0 Å². The van der Waals surface area contributed by atoms with Crippen molar-refractivity contribution in [2.75, 3.05) is 0 Å². The molecule has 0 saturated heterocycles. The fourth-order valence-corrected chi connectivity index (χ4v) is 7.42. The highest BCUT2D eigenvalue weighted by Crippen LogP contribution is 2.47. The van der Waals surface area contributed by atoms with E-state index < -0.39 is 0 Å². The van der Waals surface area contributed by atoms with Crippen molar-refractivity contribution in [2.45, 2.75) is 13.3 Å². The molecule has 1 aliphatic rings. The number of nitrogens with zero attached hydrogens (tertiary/aromatic N) is 1. The first-order valence-corrected chi connectivity index (χ1v) is 14.9. The van der Waals surface area contributed by atoms with Crippen LogP contribution < -0.4 is 0 Å². The molecule has 1 aliphatic carbocycles. The number of fused-ring (bicyclic) bond motifs is 11. The van der Waals surface area contributed by atoms with Crippen LogP contribution in [0.2, 0.25) is 0 Å². The maximum absolute atomic E-state index is 2.56. The summed E-state index contributed by atoms with van der Waals surface area (Å²) in [5.74, 6) is 0.440. The smallest absolute Gasteiger partial charge is 0.0623 e. The summed E-state index contributed by atoms with van der Waals surface area (Å²) in [5, 5.41) is 13.1. The third-order valence-corrected chi connectivity index (χ3v) is 9.36. The Kier molecular flexibility index (Phi) is 5.01. The number of para-hydroxylation sites is 1. The molecule has 0 saturated carbocycles. The molecule has 1 atom stereocenters. The van der Waals surface area contributed by atoms with Crippen molar-refractivity contribution < 1.29 is 0 Å². The van der Waals surface area contributed by atoms with E-state index in [1.54, 1.807) is 0 Å². The van der Waals surface area contributed by atoms with E-state index in [0.717, 1.165) is 6.42 Å². The minimum absolute atomic E-state index is 0.440. The highest BCUT2D eigenvalue weighted by atomic mass is 15.0. The molecule has 9 rings (SSSR count). The molecule has 1 heteroatoms. The Morgan fingerprint density at radius 2 is 1.26 bits per heavy atom. The fraction of sp³-hybridized carbons (Fsp3) is 0.0732. The lowest BCUT2D eigenvalue weighted by molar-refractivity contribution is 0.725. The van der Waals surface area contributed by atoms with Gasteiger partial charge in [0, 0.05) is 33.2 Å². The summed E-state index contributed by atoms with van der Waals surface area (Å²) < 4.78 is 2.56. The van der Waals surface area contributed by atoms with Crippen molar-refractivity contribution in [2.24, 2.45) is 5.92 Å². The first kappa shape index (κ1) is 23.6. The Balaban J connectivity index is 1.52. The van der Waals surface area contributed by atoms with Crippen LogP contribution in [0.3, 0.4) is 0 Å². The van der Waals surface area contributed by atoms with Crippen LogP contribution in [0.4, 0.5) is 0 Å². The predicted molar refractivity (Wildman–Crippen MR) is 182 cm³/mol. The van der Waals surface area contributed by atoms with Gasteiger partial charge in [0.15, 0.2) is 0 Å². The molecule has 0 bridgehead atoms. The lowest BCUT2D eigenvalue weighted by Gasteiger charge is -2.22. The summed E-state index contributed by atoms with van der Waals surface area (Å²) in [7, 11) is 0. The minimum Gasteiger partial charge on any atom is -0.312 e. The number of hydrogen-bond acceptors (Lipinski definition) is 0. The van der Waals surface area contributed by atoms with Gasteiger partial charge in [0.05, 0.1) is 11.0 Å². The zero-order valence-corrected chi connectivity index (χ0v) is 23.5. The van der Waals surface area contributed by atoms with Gasteiger partial charge < -0.3 is 4.57 Å². The van der Waals surface area contributed by atoms with E-state index in [4.69, 9.17) is 0 Å². The second-order valence-electron chi connectivity index (χ2n) is 11.7. The van der Waals surface area contributed by atoms with Crippen LogP contribution in [-0.2, 0) is 0 Å². The van der Waals surface area contributed by atoms with Crippen LogP contribution in [0.25, 0.3) is 81.7 Å². The molecule has 198 valence electrons. The predicted octanol–water partition coefficient (Wildman–Crippen LogP) is 11.5. The first-order chi connectivity index (χ1) is 20.8. The van der Waals surface area contributed by atoms with Crippen LogP contribution in [0.5, 0.6) is 0 Å².